The lowest BCUT2D eigenvalue weighted by atomic mass is 10.1. The van der Waals surface area contributed by atoms with Gasteiger partial charge in [0.05, 0.1) is 11.3 Å². The highest BCUT2D eigenvalue weighted by Crippen LogP contribution is 2.20. The van der Waals surface area contributed by atoms with E-state index in [1.165, 1.54) is 12.1 Å². The minimum atomic E-state index is -1.12. The van der Waals surface area contributed by atoms with Crippen LogP contribution in [-0.4, -0.2) is 6.54 Å². The van der Waals surface area contributed by atoms with Gasteiger partial charge in [0.25, 0.3) is 0 Å². The van der Waals surface area contributed by atoms with E-state index in [9.17, 15) is 8.78 Å². The second-order valence-corrected chi connectivity index (χ2v) is 4.64. The van der Waals surface area contributed by atoms with Crippen LogP contribution in [0.5, 0.6) is 0 Å². The zero-order valence-electron chi connectivity index (χ0n) is 10.5. The van der Waals surface area contributed by atoms with Gasteiger partial charge in [-0.25, -0.2) is 8.78 Å². The number of anilines is 1. The van der Waals surface area contributed by atoms with E-state index in [0.717, 1.165) is 5.56 Å². The van der Waals surface area contributed by atoms with Crippen LogP contribution in [0.25, 0.3) is 0 Å². The van der Waals surface area contributed by atoms with Crippen molar-refractivity contribution in [2.45, 2.75) is 6.42 Å². The zero-order chi connectivity index (χ0) is 14.5. The summed E-state index contributed by atoms with van der Waals surface area (Å²) in [7, 11) is 0. The molecule has 0 aliphatic carbocycles. The van der Waals surface area contributed by atoms with Gasteiger partial charge in [0, 0.05) is 11.6 Å². The predicted molar refractivity (Wildman–Crippen MR) is 74.7 cm³/mol. The van der Waals surface area contributed by atoms with E-state index >= 15 is 0 Å². The maximum atomic E-state index is 13.6. The second kappa shape index (κ2) is 6.36. The molecule has 0 saturated heterocycles. The van der Waals surface area contributed by atoms with Gasteiger partial charge in [-0.15, -0.1) is 0 Å². The van der Waals surface area contributed by atoms with Gasteiger partial charge in [-0.1, -0.05) is 23.7 Å². The van der Waals surface area contributed by atoms with Gasteiger partial charge in [-0.2, -0.15) is 5.26 Å². The van der Waals surface area contributed by atoms with E-state index in [0.29, 0.717) is 18.0 Å². The fourth-order valence-electron chi connectivity index (χ4n) is 1.76. The Morgan fingerprint density at radius 2 is 1.75 bits per heavy atom. The average Bonchev–Trinajstić information content (AvgIpc) is 2.46. The summed E-state index contributed by atoms with van der Waals surface area (Å²) in [4.78, 5) is 0. The number of rotatable bonds is 4. The minimum absolute atomic E-state index is 0.0514. The van der Waals surface area contributed by atoms with Crippen molar-refractivity contribution in [2.75, 3.05) is 11.9 Å². The predicted octanol–water partition coefficient (Wildman–Crippen LogP) is 4.14. The quantitative estimate of drug-likeness (QED) is 0.919. The average molecular weight is 293 g/mol. The molecule has 0 unspecified atom stereocenters. The van der Waals surface area contributed by atoms with Gasteiger partial charge in [-0.3, -0.25) is 0 Å². The Balaban J connectivity index is 2.00. The van der Waals surface area contributed by atoms with E-state index in [1.807, 2.05) is 12.1 Å². The van der Waals surface area contributed by atoms with Crippen LogP contribution >= 0.6 is 11.6 Å². The number of nitrogens with one attached hydrogen (secondary N) is 1. The molecule has 0 fully saturated rings. The Bertz CT molecular complexity index is 648. The Morgan fingerprint density at radius 3 is 2.40 bits per heavy atom. The summed E-state index contributed by atoms with van der Waals surface area (Å²) in [6.07, 6.45) is 0.651. The first-order valence-corrected chi connectivity index (χ1v) is 6.36. The number of nitrogens with zero attached hydrogens (tertiary/aromatic N) is 1. The van der Waals surface area contributed by atoms with E-state index in [4.69, 9.17) is 16.9 Å². The van der Waals surface area contributed by atoms with Crippen LogP contribution in [0, 0.1) is 23.0 Å². The number of hydrogen-bond donors (Lipinski definition) is 1. The monoisotopic (exact) mass is 292 g/mol. The number of halogens is 3. The molecule has 0 aliphatic heterocycles. The third kappa shape index (κ3) is 3.25. The molecular weight excluding hydrogens is 282 g/mol. The lowest BCUT2D eigenvalue weighted by Crippen LogP contribution is -2.07. The Hall–Kier alpha value is -2.12. The summed E-state index contributed by atoms with van der Waals surface area (Å²) < 4.78 is 27.0. The standard InChI is InChI=1S/C15H11ClF2N2/c16-12-4-1-10(2-5-12)7-8-20-13-6-3-11(9-19)14(17)15(13)18/h1-6,20H,7-8H2. The van der Waals surface area contributed by atoms with Gasteiger partial charge in [0.1, 0.15) is 6.07 Å². The molecule has 2 nitrogen and oxygen atoms in total. The molecule has 0 aromatic heterocycles. The van der Waals surface area contributed by atoms with Crippen molar-refractivity contribution in [3.8, 4) is 6.07 Å². The topological polar surface area (TPSA) is 35.8 Å². The summed E-state index contributed by atoms with van der Waals surface area (Å²) >= 11 is 5.78. The first-order chi connectivity index (χ1) is 9.61. The van der Waals surface area contributed by atoms with E-state index in [1.54, 1.807) is 18.2 Å². The van der Waals surface area contributed by atoms with E-state index in [2.05, 4.69) is 5.32 Å². The van der Waals surface area contributed by atoms with Crippen LogP contribution in [0.2, 0.25) is 5.02 Å². The first kappa shape index (κ1) is 14.3. The number of nitriles is 1. The molecule has 2 aromatic rings. The van der Waals surface area contributed by atoms with E-state index in [-0.39, 0.29) is 11.3 Å². The molecular formula is C15H11ClF2N2. The summed E-state index contributed by atoms with van der Waals surface area (Å²) in [5.41, 5.74) is 0.789. The molecule has 2 aromatic carbocycles. The van der Waals surface area contributed by atoms with Gasteiger partial charge >= 0.3 is 0 Å². The van der Waals surface area contributed by atoms with Gasteiger partial charge < -0.3 is 5.32 Å². The lowest BCUT2D eigenvalue weighted by Gasteiger charge is -2.08. The number of hydrogen-bond acceptors (Lipinski definition) is 2. The summed E-state index contributed by atoms with van der Waals surface area (Å²) in [6.45, 7) is 0.448. The maximum Gasteiger partial charge on any atom is 0.183 e. The van der Waals surface area contributed by atoms with Crippen molar-refractivity contribution in [3.63, 3.8) is 0 Å². The molecule has 0 radical (unpaired) electrons. The Labute approximate surface area is 120 Å². The van der Waals surface area contributed by atoms with Crippen LogP contribution < -0.4 is 5.32 Å². The van der Waals surface area contributed by atoms with Crippen molar-refractivity contribution < 1.29 is 8.78 Å². The zero-order valence-corrected chi connectivity index (χ0v) is 11.2. The Morgan fingerprint density at radius 1 is 1.05 bits per heavy atom. The molecule has 5 heteroatoms. The molecule has 0 atom stereocenters. The van der Waals surface area contributed by atoms with Crippen LogP contribution in [0.15, 0.2) is 36.4 Å². The van der Waals surface area contributed by atoms with Gasteiger partial charge in [0.2, 0.25) is 0 Å². The highest BCUT2D eigenvalue weighted by atomic mass is 35.5. The molecule has 0 saturated carbocycles. The molecule has 0 bridgehead atoms. The smallest absolute Gasteiger partial charge is 0.183 e. The first-order valence-electron chi connectivity index (χ1n) is 5.98. The summed E-state index contributed by atoms with van der Waals surface area (Å²) in [6, 6.07) is 11.5. The van der Waals surface area contributed by atoms with Crippen molar-refractivity contribution in [2.24, 2.45) is 0 Å². The molecule has 0 heterocycles. The minimum Gasteiger partial charge on any atom is -0.382 e. The van der Waals surface area contributed by atoms with E-state index < -0.39 is 11.6 Å². The van der Waals surface area contributed by atoms with Crippen LogP contribution in [0.1, 0.15) is 11.1 Å². The third-order valence-corrected chi connectivity index (χ3v) is 3.10. The molecule has 0 amide bonds. The SMILES string of the molecule is N#Cc1ccc(NCCc2ccc(Cl)cc2)c(F)c1F. The van der Waals surface area contributed by atoms with Crippen molar-refractivity contribution >= 4 is 17.3 Å². The fraction of sp³-hybridized carbons (Fsp3) is 0.133. The molecule has 102 valence electrons. The third-order valence-electron chi connectivity index (χ3n) is 2.85. The van der Waals surface area contributed by atoms with Crippen LogP contribution in [0.3, 0.4) is 0 Å². The molecule has 0 aliphatic rings. The fourth-order valence-corrected chi connectivity index (χ4v) is 1.89. The lowest BCUT2D eigenvalue weighted by molar-refractivity contribution is 0.508. The highest BCUT2D eigenvalue weighted by Gasteiger charge is 2.12. The normalized spacial score (nSPS) is 10.1. The van der Waals surface area contributed by atoms with Gasteiger partial charge in [-0.05, 0) is 36.2 Å². The summed E-state index contributed by atoms with van der Waals surface area (Å²) in [5, 5.41) is 12.1. The number of benzene rings is 2. The highest BCUT2D eigenvalue weighted by molar-refractivity contribution is 6.30. The second-order valence-electron chi connectivity index (χ2n) is 4.20. The van der Waals surface area contributed by atoms with Crippen molar-refractivity contribution in [3.05, 3.63) is 64.2 Å². The van der Waals surface area contributed by atoms with Crippen LogP contribution in [-0.2, 0) is 6.42 Å². The Kier molecular flexibility index (Phi) is 4.54. The van der Waals surface area contributed by atoms with Crippen molar-refractivity contribution in [1.82, 2.24) is 0 Å². The van der Waals surface area contributed by atoms with Crippen molar-refractivity contribution in [1.29, 1.82) is 5.26 Å². The van der Waals surface area contributed by atoms with Gasteiger partial charge in [0.15, 0.2) is 11.6 Å². The molecule has 0 spiro atoms. The largest absolute Gasteiger partial charge is 0.382 e. The maximum absolute atomic E-state index is 13.6. The molecule has 1 N–H and O–H groups in total. The van der Waals surface area contributed by atoms with Crippen LogP contribution in [0.4, 0.5) is 14.5 Å². The molecule has 2 rings (SSSR count). The summed E-state index contributed by atoms with van der Waals surface area (Å²) in [5.74, 6) is -2.15. The molecule has 20 heavy (non-hydrogen) atoms.